The number of rotatable bonds is 12. The number of likely N-dealkylation sites (tertiary alicyclic amines) is 2. The third kappa shape index (κ3) is 9.53. The lowest BCUT2D eigenvalue weighted by molar-refractivity contribution is -0.142. The maximum absolute atomic E-state index is 14.1. The van der Waals surface area contributed by atoms with Gasteiger partial charge < -0.3 is 20.0 Å². The maximum Gasteiger partial charge on any atom is 0.249 e. The molecule has 0 bridgehead atoms. The van der Waals surface area contributed by atoms with Gasteiger partial charge >= 0.3 is 0 Å². The molecule has 4 amide bonds. The Labute approximate surface area is 261 Å². The SMILES string of the molecule is CCCCN(C)C(=O)[C@@H]1CCCN1C(=O)/C(C)=C/[C@H](C(C)C)N(C)C(=O)[C@@H](NC(=O)[C@H]1CCCCN1C(C)C)C(C)(C)C. The van der Waals surface area contributed by atoms with Crippen molar-refractivity contribution in [3.63, 3.8) is 0 Å². The molecule has 2 aliphatic heterocycles. The van der Waals surface area contributed by atoms with Crippen LogP contribution in [-0.2, 0) is 19.2 Å². The molecule has 1 N–H and O–H groups in total. The van der Waals surface area contributed by atoms with Crippen molar-refractivity contribution in [3.8, 4) is 0 Å². The fourth-order valence-corrected chi connectivity index (χ4v) is 6.42. The summed E-state index contributed by atoms with van der Waals surface area (Å²) in [7, 11) is 3.58. The van der Waals surface area contributed by atoms with Gasteiger partial charge in [-0.2, -0.15) is 0 Å². The van der Waals surface area contributed by atoms with E-state index in [2.05, 4.69) is 31.0 Å². The summed E-state index contributed by atoms with van der Waals surface area (Å²) in [6, 6.07) is -1.51. The number of hydrogen-bond donors (Lipinski definition) is 1. The Kier molecular flexibility index (Phi) is 13.7. The van der Waals surface area contributed by atoms with Gasteiger partial charge in [0.1, 0.15) is 12.1 Å². The molecule has 9 nitrogen and oxygen atoms in total. The highest BCUT2D eigenvalue weighted by Gasteiger charge is 2.40. The van der Waals surface area contributed by atoms with E-state index in [-0.39, 0.29) is 47.7 Å². The van der Waals surface area contributed by atoms with Crippen molar-refractivity contribution >= 4 is 23.6 Å². The molecule has 2 aliphatic rings. The van der Waals surface area contributed by atoms with Crippen molar-refractivity contribution in [3.05, 3.63) is 11.6 Å². The zero-order chi connectivity index (χ0) is 32.6. The van der Waals surface area contributed by atoms with Crippen LogP contribution in [0.4, 0.5) is 0 Å². The van der Waals surface area contributed by atoms with Crippen molar-refractivity contribution in [2.24, 2.45) is 11.3 Å². The van der Waals surface area contributed by atoms with Crippen LogP contribution >= 0.6 is 0 Å². The minimum absolute atomic E-state index is 0.00226. The highest BCUT2D eigenvalue weighted by atomic mass is 16.2. The van der Waals surface area contributed by atoms with Gasteiger partial charge in [0.05, 0.1) is 12.1 Å². The Balaban J connectivity index is 2.26. The quantitative estimate of drug-likeness (QED) is 0.333. The summed E-state index contributed by atoms with van der Waals surface area (Å²) in [5.74, 6) is -0.393. The van der Waals surface area contributed by atoms with Gasteiger partial charge in [-0.3, -0.25) is 24.1 Å². The lowest BCUT2D eigenvalue weighted by Gasteiger charge is -2.41. The summed E-state index contributed by atoms with van der Waals surface area (Å²) in [4.78, 5) is 61.9. The fourth-order valence-electron chi connectivity index (χ4n) is 6.42. The Morgan fingerprint density at radius 2 is 1.58 bits per heavy atom. The van der Waals surface area contributed by atoms with E-state index in [0.717, 1.165) is 45.1 Å². The number of likely N-dealkylation sites (N-methyl/N-ethyl adjacent to an activating group) is 2. The average molecular weight is 604 g/mol. The lowest BCUT2D eigenvalue weighted by Crippen LogP contribution is -2.60. The Bertz CT molecular complexity index is 1000. The van der Waals surface area contributed by atoms with E-state index in [1.807, 2.05) is 47.7 Å². The second-order valence-corrected chi connectivity index (χ2v) is 14.5. The molecule has 0 radical (unpaired) electrons. The molecule has 2 heterocycles. The van der Waals surface area contributed by atoms with E-state index in [0.29, 0.717) is 25.1 Å². The molecular formula is C34H61N5O4. The summed E-state index contributed by atoms with van der Waals surface area (Å²) in [5.41, 5.74) is 0.0156. The molecule has 9 heteroatoms. The standard InChI is InChI=1S/C34H61N5O4/c1-12-13-19-36(10)32(42)27-18-16-21-39(27)31(41)25(6)22-28(23(2)3)37(11)33(43)29(34(7,8)9)35-30(40)26-17-14-15-20-38(26)24(4)5/h22-24,26-29H,12-21H2,1-11H3,(H,35,40)/b25-22+/t26-,27+,28-,29-/m1/s1. The van der Waals surface area contributed by atoms with Crippen molar-refractivity contribution in [2.45, 2.75) is 137 Å². The van der Waals surface area contributed by atoms with Gasteiger partial charge in [-0.15, -0.1) is 0 Å². The second kappa shape index (κ2) is 16.1. The number of hydrogen-bond acceptors (Lipinski definition) is 5. The predicted octanol–water partition coefficient (Wildman–Crippen LogP) is 4.46. The van der Waals surface area contributed by atoms with E-state index in [4.69, 9.17) is 0 Å². The monoisotopic (exact) mass is 603 g/mol. The summed E-state index contributed by atoms with van der Waals surface area (Å²) >= 11 is 0. The molecule has 0 saturated carbocycles. The molecule has 0 aliphatic carbocycles. The number of unbranched alkanes of at least 4 members (excludes halogenated alkanes) is 1. The van der Waals surface area contributed by atoms with Gasteiger partial charge in [-0.1, -0.05) is 60.5 Å². The van der Waals surface area contributed by atoms with Crippen LogP contribution in [0.1, 0.15) is 107 Å². The minimum Gasteiger partial charge on any atom is -0.344 e. The smallest absolute Gasteiger partial charge is 0.249 e. The number of carbonyl (C=O) groups is 4. The Morgan fingerprint density at radius 3 is 2.14 bits per heavy atom. The molecule has 0 spiro atoms. The largest absolute Gasteiger partial charge is 0.344 e. The van der Waals surface area contributed by atoms with E-state index in [9.17, 15) is 19.2 Å². The molecule has 0 unspecified atom stereocenters. The molecule has 2 fully saturated rings. The number of nitrogens with one attached hydrogen (secondary N) is 1. The number of carbonyl (C=O) groups excluding carboxylic acids is 4. The van der Waals surface area contributed by atoms with Crippen LogP contribution < -0.4 is 5.32 Å². The molecular weight excluding hydrogens is 542 g/mol. The highest BCUT2D eigenvalue weighted by molar-refractivity contribution is 5.97. The van der Waals surface area contributed by atoms with Crippen molar-refractivity contribution in [1.29, 1.82) is 0 Å². The minimum atomic E-state index is -0.717. The van der Waals surface area contributed by atoms with Crippen molar-refractivity contribution in [1.82, 2.24) is 24.9 Å². The second-order valence-electron chi connectivity index (χ2n) is 14.5. The van der Waals surface area contributed by atoms with Crippen LogP contribution in [0, 0.1) is 11.3 Å². The zero-order valence-corrected chi connectivity index (χ0v) is 29.0. The van der Waals surface area contributed by atoms with Gasteiger partial charge in [0.25, 0.3) is 0 Å². The first-order valence-corrected chi connectivity index (χ1v) is 16.6. The van der Waals surface area contributed by atoms with Crippen LogP contribution in [0.15, 0.2) is 11.6 Å². The molecule has 2 saturated heterocycles. The first kappa shape index (κ1) is 36.8. The van der Waals surface area contributed by atoms with Gasteiger partial charge in [-0.05, 0) is 70.8 Å². The normalized spacial score (nSPS) is 21.6. The maximum atomic E-state index is 14.1. The van der Waals surface area contributed by atoms with Crippen LogP contribution in [0.2, 0.25) is 0 Å². The fraction of sp³-hybridized carbons (Fsp3) is 0.824. The molecule has 0 aromatic rings. The van der Waals surface area contributed by atoms with E-state index in [1.54, 1.807) is 28.7 Å². The summed E-state index contributed by atoms with van der Waals surface area (Å²) < 4.78 is 0. The Morgan fingerprint density at radius 1 is 0.953 bits per heavy atom. The molecule has 43 heavy (non-hydrogen) atoms. The van der Waals surface area contributed by atoms with Gasteiger partial charge in [0, 0.05) is 38.8 Å². The first-order valence-electron chi connectivity index (χ1n) is 16.6. The molecule has 0 aromatic carbocycles. The number of piperidine rings is 1. The predicted molar refractivity (Wildman–Crippen MR) is 173 cm³/mol. The summed E-state index contributed by atoms with van der Waals surface area (Å²) in [6.45, 7) is 20.2. The third-order valence-corrected chi connectivity index (χ3v) is 9.17. The Hall–Kier alpha value is -2.42. The molecule has 246 valence electrons. The van der Waals surface area contributed by atoms with E-state index in [1.165, 1.54) is 0 Å². The summed E-state index contributed by atoms with van der Waals surface area (Å²) in [6.07, 6.45) is 8.15. The van der Waals surface area contributed by atoms with E-state index >= 15 is 0 Å². The van der Waals surface area contributed by atoms with Gasteiger partial charge in [-0.25, -0.2) is 0 Å². The van der Waals surface area contributed by atoms with Crippen LogP contribution in [-0.4, -0.2) is 107 Å². The van der Waals surface area contributed by atoms with Gasteiger partial charge in [0.2, 0.25) is 23.6 Å². The third-order valence-electron chi connectivity index (χ3n) is 9.17. The molecule has 4 atom stereocenters. The lowest BCUT2D eigenvalue weighted by atomic mass is 9.84. The molecule has 0 aromatic heterocycles. The number of nitrogens with zero attached hydrogens (tertiary/aromatic N) is 4. The van der Waals surface area contributed by atoms with Crippen LogP contribution in [0.3, 0.4) is 0 Å². The van der Waals surface area contributed by atoms with Crippen molar-refractivity contribution in [2.75, 3.05) is 33.7 Å². The summed E-state index contributed by atoms with van der Waals surface area (Å²) in [5, 5.41) is 3.14. The van der Waals surface area contributed by atoms with Crippen LogP contribution in [0.5, 0.6) is 0 Å². The van der Waals surface area contributed by atoms with Crippen LogP contribution in [0.25, 0.3) is 0 Å². The highest BCUT2D eigenvalue weighted by Crippen LogP contribution is 2.27. The van der Waals surface area contributed by atoms with Crippen molar-refractivity contribution < 1.29 is 19.2 Å². The average Bonchev–Trinajstić information content (AvgIpc) is 3.44. The first-order chi connectivity index (χ1) is 20.0. The number of amides is 4. The van der Waals surface area contributed by atoms with Gasteiger partial charge in [0.15, 0.2) is 0 Å². The topological polar surface area (TPSA) is 93.3 Å². The van der Waals surface area contributed by atoms with E-state index < -0.39 is 17.5 Å². The molecule has 2 rings (SSSR count). The zero-order valence-electron chi connectivity index (χ0n) is 29.0.